The van der Waals surface area contributed by atoms with Gasteiger partial charge in [0, 0.05) is 24.6 Å². The Morgan fingerprint density at radius 3 is 2.50 bits per heavy atom. The van der Waals surface area contributed by atoms with Crippen molar-refractivity contribution in [3.05, 3.63) is 29.8 Å². The van der Waals surface area contributed by atoms with E-state index in [-0.39, 0.29) is 29.0 Å². The molecule has 1 atom stereocenters. The second-order valence-corrected chi connectivity index (χ2v) is 8.89. The zero-order valence-electron chi connectivity index (χ0n) is 15.2. The van der Waals surface area contributed by atoms with Crippen molar-refractivity contribution in [3.8, 4) is 0 Å². The van der Waals surface area contributed by atoms with E-state index in [2.05, 4.69) is 0 Å². The number of carboxylic acids is 1. The third-order valence-electron chi connectivity index (χ3n) is 4.81. The maximum Gasteiger partial charge on any atom is 0.303 e. The van der Waals surface area contributed by atoms with E-state index in [4.69, 9.17) is 5.11 Å². The van der Waals surface area contributed by atoms with E-state index in [1.54, 1.807) is 17.0 Å². The smallest absolute Gasteiger partial charge is 0.303 e. The van der Waals surface area contributed by atoms with Gasteiger partial charge in [0.25, 0.3) is 5.91 Å². The number of carboxylic acid groups (broad SMARTS) is 1. The van der Waals surface area contributed by atoms with E-state index in [9.17, 15) is 18.0 Å². The minimum absolute atomic E-state index is 0.0447. The van der Waals surface area contributed by atoms with Gasteiger partial charge < -0.3 is 10.0 Å². The fourth-order valence-corrected chi connectivity index (χ4v) is 4.74. The van der Waals surface area contributed by atoms with Crippen LogP contribution in [0.15, 0.2) is 29.2 Å². The lowest BCUT2D eigenvalue weighted by atomic mass is 9.97. The molecule has 0 aromatic heterocycles. The summed E-state index contributed by atoms with van der Waals surface area (Å²) < 4.78 is 24.4. The highest BCUT2D eigenvalue weighted by Gasteiger charge is 2.28. The van der Waals surface area contributed by atoms with Gasteiger partial charge in [-0.25, -0.2) is 8.42 Å². The minimum atomic E-state index is -3.31. The fraction of sp³-hybridized carbons (Fsp3) is 0.579. The van der Waals surface area contributed by atoms with Crippen molar-refractivity contribution in [2.24, 2.45) is 0 Å². The SMILES string of the molecule is CCCCS(=O)(=O)c1ccc(C(=O)N2CCCCC2CCC(=O)O)cc1. The molecule has 1 unspecified atom stereocenters. The molecule has 1 N–H and O–H groups in total. The number of benzene rings is 1. The predicted octanol–water partition coefficient (Wildman–Crippen LogP) is 3.12. The molecule has 144 valence electrons. The molecule has 0 aliphatic carbocycles. The number of sulfone groups is 1. The molecular formula is C19H27NO5S. The quantitative estimate of drug-likeness (QED) is 0.747. The van der Waals surface area contributed by atoms with Crippen molar-refractivity contribution in [1.82, 2.24) is 4.90 Å². The monoisotopic (exact) mass is 381 g/mol. The summed E-state index contributed by atoms with van der Waals surface area (Å²) in [7, 11) is -3.31. The Labute approximate surface area is 155 Å². The third kappa shape index (κ3) is 5.30. The Kier molecular flexibility index (Phi) is 7.20. The summed E-state index contributed by atoms with van der Waals surface area (Å²) >= 11 is 0. The van der Waals surface area contributed by atoms with Gasteiger partial charge in [-0.1, -0.05) is 13.3 Å². The number of nitrogens with zero attached hydrogens (tertiary/aromatic N) is 1. The number of hydrogen-bond acceptors (Lipinski definition) is 4. The van der Waals surface area contributed by atoms with Crippen LogP contribution in [0.2, 0.25) is 0 Å². The lowest BCUT2D eigenvalue weighted by molar-refractivity contribution is -0.137. The second kappa shape index (κ2) is 9.16. The zero-order valence-corrected chi connectivity index (χ0v) is 16.0. The largest absolute Gasteiger partial charge is 0.481 e. The maximum atomic E-state index is 12.8. The van der Waals surface area contributed by atoms with Crippen molar-refractivity contribution >= 4 is 21.7 Å². The Hall–Kier alpha value is -1.89. The Bertz CT molecular complexity index is 727. The van der Waals surface area contributed by atoms with Gasteiger partial charge in [0.05, 0.1) is 10.6 Å². The van der Waals surface area contributed by atoms with E-state index >= 15 is 0 Å². The lowest BCUT2D eigenvalue weighted by Crippen LogP contribution is -2.44. The lowest BCUT2D eigenvalue weighted by Gasteiger charge is -2.35. The van der Waals surface area contributed by atoms with Crippen LogP contribution < -0.4 is 0 Å². The number of amides is 1. The van der Waals surface area contributed by atoms with E-state index in [1.165, 1.54) is 12.1 Å². The Morgan fingerprint density at radius 2 is 1.88 bits per heavy atom. The molecule has 0 spiro atoms. The molecule has 1 heterocycles. The molecule has 1 aromatic carbocycles. The highest BCUT2D eigenvalue weighted by atomic mass is 32.2. The van der Waals surface area contributed by atoms with Crippen LogP contribution in [0.1, 0.15) is 62.2 Å². The molecule has 1 fully saturated rings. The number of likely N-dealkylation sites (tertiary alicyclic amines) is 1. The summed E-state index contributed by atoms with van der Waals surface area (Å²) in [6.07, 6.45) is 4.61. The molecule has 7 heteroatoms. The highest BCUT2D eigenvalue weighted by Crippen LogP contribution is 2.24. The van der Waals surface area contributed by atoms with Crippen LogP contribution in [0.25, 0.3) is 0 Å². The molecule has 26 heavy (non-hydrogen) atoms. The first-order valence-electron chi connectivity index (χ1n) is 9.20. The van der Waals surface area contributed by atoms with E-state index in [1.807, 2.05) is 6.92 Å². The van der Waals surface area contributed by atoms with Gasteiger partial charge in [0.2, 0.25) is 0 Å². The van der Waals surface area contributed by atoms with Crippen molar-refractivity contribution in [3.63, 3.8) is 0 Å². The first kappa shape index (κ1) is 20.4. The van der Waals surface area contributed by atoms with Crippen LogP contribution >= 0.6 is 0 Å². The Balaban J connectivity index is 2.11. The number of unbranched alkanes of at least 4 members (excludes halogenated alkanes) is 1. The van der Waals surface area contributed by atoms with Crippen molar-refractivity contribution in [1.29, 1.82) is 0 Å². The van der Waals surface area contributed by atoms with E-state index < -0.39 is 15.8 Å². The van der Waals surface area contributed by atoms with E-state index in [0.717, 1.165) is 25.7 Å². The van der Waals surface area contributed by atoms with Crippen LogP contribution in [0, 0.1) is 0 Å². The average molecular weight is 381 g/mol. The first-order chi connectivity index (χ1) is 12.3. The van der Waals surface area contributed by atoms with Crippen LogP contribution in [0.5, 0.6) is 0 Å². The topological polar surface area (TPSA) is 91.8 Å². The summed E-state index contributed by atoms with van der Waals surface area (Å²) in [4.78, 5) is 25.6. The van der Waals surface area contributed by atoms with E-state index in [0.29, 0.717) is 24.9 Å². The van der Waals surface area contributed by atoms with Crippen LogP contribution in [0.4, 0.5) is 0 Å². The van der Waals surface area contributed by atoms with Gasteiger partial charge in [0.15, 0.2) is 9.84 Å². The van der Waals surface area contributed by atoms with Gasteiger partial charge >= 0.3 is 5.97 Å². The van der Waals surface area contributed by atoms with Gasteiger partial charge in [-0.05, 0) is 56.4 Å². The van der Waals surface area contributed by atoms with Gasteiger partial charge in [-0.15, -0.1) is 0 Å². The Morgan fingerprint density at radius 1 is 1.19 bits per heavy atom. The van der Waals surface area contributed by atoms with Gasteiger partial charge in [-0.3, -0.25) is 9.59 Å². The maximum absolute atomic E-state index is 12.8. The summed E-state index contributed by atoms with van der Waals surface area (Å²) in [6, 6.07) is 6.04. The molecule has 0 radical (unpaired) electrons. The van der Waals surface area contributed by atoms with Crippen molar-refractivity contribution in [2.75, 3.05) is 12.3 Å². The molecule has 1 aliphatic rings. The van der Waals surface area contributed by atoms with Crippen molar-refractivity contribution in [2.45, 2.75) is 62.8 Å². The molecular weight excluding hydrogens is 354 g/mol. The average Bonchev–Trinajstić information content (AvgIpc) is 2.64. The fourth-order valence-electron chi connectivity index (χ4n) is 3.28. The summed E-state index contributed by atoms with van der Waals surface area (Å²) in [5, 5.41) is 8.89. The molecule has 0 bridgehead atoms. The predicted molar refractivity (Wildman–Crippen MR) is 98.9 cm³/mol. The summed E-state index contributed by atoms with van der Waals surface area (Å²) in [5.41, 5.74) is 0.446. The highest BCUT2D eigenvalue weighted by molar-refractivity contribution is 7.91. The summed E-state index contributed by atoms with van der Waals surface area (Å²) in [5.74, 6) is -0.901. The second-order valence-electron chi connectivity index (χ2n) is 6.78. The molecule has 1 amide bonds. The number of hydrogen-bond donors (Lipinski definition) is 1. The zero-order chi connectivity index (χ0) is 19.2. The van der Waals surface area contributed by atoms with Crippen LogP contribution in [-0.2, 0) is 14.6 Å². The van der Waals surface area contributed by atoms with Gasteiger partial charge in [-0.2, -0.15) is 0 Å². The summed E-state index contributed by atoms with van der Waals surface area (Å²) in [6.45, 7) is 2.55. The molecule has 1 saturated heterocycles. The number of carbonyl (C=O) groups excluding carboxylic acids is 1. The normalized spacial score (nSPS) is 17.9. The number of aliphatic carboxylic acids is 1. The number of rotatable bonds is 8. The molecule has 1 aromatic rings. The standard InChI is InChI=1S/C19H27NO5S/c1-2-3-14-26(24,25)17-10-7-15(8-11-17)19(23)20-13-5-4-6-16(20)9-12-18(21)22/h7-8,10-11,16H,2-6,9,12-14H2,1H3,(H,21,22). The van der Waals surface area contributed by atoms with Gasteiger partial charge in [0.1, 0.15) is 0 Å². The molecule has 0 saturated carbocycles. The van der Waals surface area contributed by atoms with Crippen LogP contribution in [-0.4, -0.2) is 48.6 Å². The van der Waals surface area contributed by atoms with Crippen LogP contribution in [0.3, 0.4) is 0 Å². The first-order valence-corrected chi connectivity index (χ1v) is 10.9. The molecule has 2 rings (SSSR count). The molecule has 6 nitrogen and oxygen atoms in total. The number of piperidine rings is 1. The van der Waals surface area contributed by atoms with Crippen molar-refractivity contribution < 1.29 is 23.1 Å². The minimum Gasteiger partial charge on any atom is -0.481 e. The number of carbonyl (C=O) groups is 2. The third-order valence-corrected chi connectivity index (χ3v) is 6.62. The molecule has 1 aliphatic heterocycles.